The Bertz CT molecular complexity index is 553. The Balaban J connectivity index is 2.30. The zero-order valence-corrected chi connectivity index (χ0v) is 14.9. The average molecular weight is 318 g/mol. The van der Waals surface area contributed by atoms with Crippen LogP contribution in [0.5, 0.6) is 0 Å². The average Bonchev–Trinajstić information content (AvgIpc) is 2.47. The van der Waals surface area contributed by atoms with Crippen molar-refractivity contribution in [3.8, 4) is 0 Å². The summed E-state index contributed by atoms with van der Waals surface area (Å²) in [6.07, 6.45) is 9.22. The third-order valence-electron chi connectivity index (χ3n) is 6.41. The molecule has 0 saturated carbocycles. The lowest BCUT2D eigenvalue weighted by Gasteiger charge is -2.50. The molecule has 128 valence electrons. The molecule has 0 amide bonds. The number of carbonyl (C=O) groups is 2. The maximum absolute atomic E-state index is 11.1. The second kappa shape index (κ2) is 6.62. The van der Waals surface area contributed by atoms with Crippen molar-refractivity contribution in [2.45, 2.75) is 72.6 Å². The van der Waals surface area contributed by atoms with Crippen LogP contribution in [0.2, 0.25) is 0 Å². The summed E-state index contributed by atoms with van der Waals surface area (Å²) in [5, 5.41) is 8.88. The normalized spacial score (nSPS) is 30.8. The van der Waals surface area contributed by atoms with Crippen LogP contribution in [0.3, 0.4) is 0 Å². The minimum Gasteiger partial charge on any atom is -0.478 e. The molecule has 0 spiro atoms. The van der Waals surface area contributed by atoms with Gasteiger partial charge < -0.3 is 5.11 Å². The van der Waals surface area contributed by atoms with Gasteiger partial charge in [0.25, 0.3) is 0 Å². The number of aldehydes is 1. The lowest BCUT2D eigenvalue weighted by atomic mass is 9.55. The summed E-state index contributed by atoms with van der Waals surface area (Å²) >= 11 is 0. The van der Waals surface area contributed by atoms with Gasteiger partial charge in [0.2, 0.25) is 0 Å². The first kappa shape index (κ1) is 18.0. The first-order valence-electron chi connectivity index (χ1n) is 8.82. The number of aliphatic carboxylic acids is 1. The molecular weight excluding hydrogens is 288 g/mol. The smallest absolute Gasteiger partial charge is 0.328 e. The van der Waals surface area contributed by atoms with Crippen molar-refractivity contribution < 1.29 is 14.7 Å². The summed E-state index contributed by atoms with van der Waals surface area (Å²) in [6.45, 7) is 9.36. The standard InChI is InChI=1S/C20H30O3/c1-14-7-8-16-17(6-5-10-19(16,2)3)20(14,4)11-9-15(13-21)12-18(22)23/h12-14H,5-11H2,1-4H3,(H,22,23). The lowest BCUT2D eigenvalue weighted by molar-refractivity contribution is -0.131. The number of carbonyl (C=O) groups excluding carboxylic acids is 1. The highest BCUT2D eigenvalue weighted by Crippen LogP contribution is 2.56. The number of hydrogen-bond donors (Lipinski definition) is 1. The van der Waals surface area contributed by atoms with E-state index in [1.807, 2.05) is 0 Å². The molecule has 2 aliphatic carbocycles. The van der Waals surface area contributed by atoms with Crippen LogP contribution >= 0.6 is 0 Å². The fourth-order valence-corrected chi connectivity index (χ4v) is 4.64. The van der Waals surface area contributed by atoms with Crippen LogP contribution in [-0.4, -0.2) is 17.4 Å². The Morgan fingerprint density at radius 3 is 2.57 bits per heavy atom. The second-order valence-corrected chi connectivity index (χ2v) is 8.23. The zero-order chi connectivity index (χ0) is 17.3. The van der Waals surface area contributed by atoms with Crippen LogP contribution in [0.1, 0.15) is 72.6 Å². The molecule has 3 heteroatoms. The quantitative estimate of drug-likeness (QED) is 0.445. The van der Waals surface area contributed by atoms with Crippen molar-refractivity contribution in [1.82, 2.24) is 0 Å². The highest BCUT2D eigenvalue weighted by Gasteiger charge is 2.44. The largest absolute Gasteiger partial charge is 0.478 e. The number of carboxylic acid groups (broad SMARTS) is 1. The molecule has 23 heavy (non-hydrogen) atoms. The van der Waals surface area contributed by atoms with Gasteiger partial charge in [-0.1, -0.05) is 38.8 Å². The van der Waals surface area contributed by atoms with E-state index in [9.17, 15) is 9.59 Å². The van der Waals surface area contributed by atoms with Crippen molar-refractivity contribution in [3.63, 3.8) is 0 Å². The summed E-state index contributed by atoms with van der Waals surface area (Å²) in [5.41, 5.74) is 4.02. The van der Waals surface area contributed by atoms with Gasteiger partial charge in [0.05, 0.1) is 0 Å². The molecule has 0 radical (unpaired) electrons. The van der Waals surface area contributed by atoms with E-state index in [1.54, 1.807) is 11.1 Å². The van der Waals surface area contributed by atoms with Crippen molar-refractivity contribution >= 4 is 12.3 Å². The van der Waals surface area contributed by atoms with Gasteiger partial charge in [-0.3, -0.25) is 4.79 Å². The molecule has 0 aliphatic heterocycles. The van der Waals surface area contributed by atoms with E-state index in [2.05, 4.69) is 27.7 Å². The van der Waals surface area contributed by atoms with Gasteiger partial charge in [-0.25, -0.2) is 4.79 Å². The maximum Gasteiger partial charge on any atom is 0.328 e. The van der Waals surface area contributed by atoms with Gasteiger partial charge in [-0.15, -0.1) is 0 Å². The molecule has 1 N–H and O–H groups in total. The first-order valence-corrected chi connectivity index (χ1v) is 8.82. The summed E-state index contributed by atoms with van der Waals surface area (Å²) in [4.78, 5) is 22.0. The molecule has 2 unspecified atom stereocenters. The fraction of sp³-hybridized carbons (Fsp3) is 0.700. The molecule has 0 saturated heterocycles. The topological polar surface area (TPSA) is 54.4 Å². The molecular formula is C20H30O3. The molecule has 3 nitrogen and oxygen atoms in total. The van der Waals surface area contributed by atoms with E-state index in [0.717, 1.165) is 12.5 Å². The molecule has 0 fully saturated rings. The number of hydrogen-bond acceptors (Lipinski definition) is 2. The van der Waals surface area contributed by atoms with E-state index < -0.39 is 5.97 Å². The first-order chi connectivity index (χ1) is 10.7. The van der Waals surface area contributed by atoms with Crippen molar-refractivity contribution in [2.24, 2.45) is 16.7 Å². The Morgan fingerprint density at radius 1 is 1.26 bits per heavy atom. The minimum atomic E-state index is -1.03. The van der Waals surface area contributed by atoms with Crippen molar-refractivity contribution in [2.75, 3.05) is 0 Å². The summed E-state index contributed by atoms with van der Waals surface area (Å²) < 4.78 is 0. The number of rotatable bonds is 5. The van der Waals surface area contributed by atoms with E-state index in [-0.39, 0.29) is 5.41 Å². The van der Waals surface area contributed by atoms with Crippen LogP contribution in [0.25, 0.3) is 0 Å². The summed E-state index contributed by atoms with van der Waals surface area (Å²) in [7, 11) is 0. The Hall–Kier alpha value is -1.38. The number of carboxylic acids is 1. The van der Waals surface area contributed by atoms with E-state index in [1.165, 1.54) is 32.1 Å². The summed E-state index contributed by atoms with van der Waals surface area (Å²) in [5.74, 6) is -0.458. The predicted octanol–water partition coefficient (Wildman–Crippen LogP) is 4.92. The molecule has 0 aromatic carbocycles. The fourth-order valence-electron chi connectivity index (χ4n) is 4.64. The Labute approximate surface area is 139 Å². The predicted molar refractivity (Wildman–Crippen MR) is 92.2 cm³/mol. The van der Waals surface area contributed by atoms with Gasteiger partial charge in [0.1, 0.15) is 6.29 Å². The van der Waals surface area contributed by atoms with Gasteiger partial charge in [0.15, 0.2) is 0 Å². The molecule has 0 aromatic rings. The lowest BCUT2D eigenvalue weighted by Crippen LogP contribution is -2.37. The zero-order valence-electron chi connectivity index (χ0n) is 14.9. The third-order valence-corrected chi connectivity index (χ3v) is 6.41. The van der Waals surface area contributed by atoms with Gasteiger partial charge in [0, 0.05) is 6.08 Å². The highest BCUT2D eigenvalue weighted by atomic mass is 16.4. The minimum absolute atomic E-state index is 0.0892. The molecule has 0 heterocycles. The van der Waals surface area contributed by atoms with Crippen molar-refractivity contribution in [3.05, 3.63) is 22.8 Å². The summed E-state index contributed by atoms with van der Waals surface area (Å²) in [6, 6.07) is 0. The van der Waals surface area contributed by atoms with Crippen LogP contribution in [0, 0.1) is 16.7 Å². The Kier molecular flexibility index (Phi) is 5.17. The molecule has 0 aromatic heterocycles. The van der Waals surface area contributed by atoms with Crippen LogP contribution < -0.4 is 0 Å². The van der Waals surface area contributed by atoms with Crippen LogP contribution in [0.4, 0.5) is 0 Å². The Morgan fingerprint density at radius 2 is 1.96 bits per heavy atom. The van der Waals surface area contributed by atoms with E-state index in [0.29, 0.717) is 29.6 Å². The van der Waals surface area contributed by atoms with Crippen molar-refractivity contribution in [1.29, 1.82) is 0 Å². The maximum atomic E-state index is 11.1. The van der Waals surface area contributed by atoms with Gasteiger partial charge in [-0.2, -0.15) is 0 Å². The second-order valence-electron chi connectivity index (χ2n) is 8.23. The molecule has 2 atom stereocenters. The SMILES string of the molecule is CC1CCC2=C(CCCC2(C)C)C1(C)CCC(C=O)=CC(=O)O. The molecule has 2 rings (SSSR count). The number of allylic oxidation sites excluding steroid dienone is 3. The van der Waals surface area contributed by atoms with Gasteiger partial charge >= 0.3 is 5.97 Å². The van der Waals surface area contributed by atoms with E-state index >= 15 is 0 Å². The molecule has 0 bridgehead atoms. The monoisotopic (exact) mass is 318 g/mol. The van der Waals surface area contributed by atoms with Gasteiger partial charge in [-0.05, 0) is 67.3 Å². The van der Waals surface area contributed by atoms with Crippen LogP contribution in [-0.2, 0) is 9.59 Å². The molecule has 2 aliphatic rings. The van der Waals surface area contributed by atoms with Crippen LogP contribution in [0.15, 0.2) is 22.8 Å². The highest BCUT2D eigenvalue weighted by molar-refractivity contribution is 5.88. The van der Waals surface area contributed by atoms with E-state index in [4.69, 9.17) is 5.11 Å². The third kappa shape index (κ3) is 3.59.